The molecule has 0 spiro atoms. The number of rotatable bonds is 4. The van der Waals surface area contributed by atoms with Gasteiger partial charge in [-0.3, -0.25) is 0 Å². The summed E-state index contributed by atoms with van der Waals surface area (Å²) >= 11 is 0. The van der Waals surface area contributed by atoms with Crippen molar-refractivity contribution in [2.24, 2.45) is 0 Å². The Bertz CT molecular complexity index is 544. The summed E-state index contributed by atoms with van der Waals surface area (Å²) < 4.78 is 6.96. The van der Waals surface area contributed by atoms with Crippen LogP contribution < -0.4 is 4.74 Å². The Kier molecular flexibility index (Phi) is 2.76. The van der Waals surface area contributed by atoms with E-state index < -0.39 is 0 Å². The molecule has 1 aliphatic carbocycles. The number of nitrogens with zero attached hydrogens (tertiary/aromatic N) is 3. The maximum atomic E-state index is 9.30. The maximum absolute atomic E-state index is 9.30. The molecule has 1 saturated carbocycles. The quantitative estimate of drug-likeness (QED) is 0.889. The Labute approximate surface area is 105 Å². The van der Waals surface area contributed by atoms with Crippen LogP contribution in [-0.4, -0.2) is 27.2 Å². The Hall–Kier alpha value is -1.88. The summed E-state index contributed by atoms with van der Waals surface area (Å²) in [5.74, 6) is 1.30. The first-order chi connectivity index (χ1) is 8.83. The third-order valence-electron chi connectivity index (χ3n) is 3.21. The fourth-order valence-electron chi connectivity index (χ4n) is 2.11. The minimum absolute atomic E-state index is 0.0536. The van der Waals surface area contributed by atoms with E-state index in [9.17, 15) is 5.11 Å². The molecular formula is C13H15N3O2. The number of aliphatic hydroxyl groups is 1. The van der Waals surface area contributed by atoms with Crippen LogP contribution in [0.5, 0.6) is 5.75 Å². The third kappa shape index (κ3) is 1.86. The van der Waals surface area contributed by atoms with Gasteiger partial charge in [-0.25, -0.2) is 4.68 Å². The minimum atomic E-state index is -0.0536. The summed E-state index contributed by atoms with van der Waals surface area (Å²) in [7, 11) is 1.64. The summed E-state index contributed by atoms with van der Waals surface area (Å²) in [5, 5.41) is 17.5. The Balaban J connectivity index is 2.02. The number of methoxy groups -OCH3 is 1. The largest absolute Gasteiger partial charge is 0.497 e. The van der Waals surface area contributed by atoms with Crippen molar-refractivity contribution in [1.82, 2.24) is 15.0 Å². The molecule has 5 heteroatoms. The van der Waals surface area contributed by atoms with E-state index in [2.05, 4.69) is 10.3 Å². The molecule has 1 N–H and O–H groups in total. The van der Waals surface area contributed by atoms with Gasteiger partial charge in [-0.15, -0.1) is 5.10 Å². The van der Waals surface area contributed by atoms with Crippen molar-refractivity contribution in [3.05, 3.63) is 35.7 Å². The second kappa shape index (κ2) is 4.42. The molecule has 0 aliphatic heterocycles. The van der Waals surface area contributed by atoms with E-state index in [0.717, 1.165) is 30.0 Å². The van der Waals surface area contributed by atoms with Gasteiger partial charge >= 0.3 is 0 Å². The number of ether oxygens (including phenoxy) is 1. The highest BCUT2D eigenvalue weighted by atomic mass is 16.5. The first-order valence-electron chi connectivity index (χ1n) is 6.03. The fourth-order valence-corrected chi connectivity index (χ4v) is 2.11. The van der Waals surface area contributed by atoms with Crippen LogP contribution in [0.15, 0.2) is 24.3 Å². The number of aromatic nitrogens is 3. The van der Waals surface area contributed by atoms with Gasteiger partial charge in [-0.1, -0.05) is 5.21 Å². The number of aliphatic hydroxyl groups excluding tert-OH is 1. The van der Waals surface area contributed by atoms with Crippen LogP contribution in [0.4, 0.5) is 0 Å². The topological polar surface area (TPSA) is 60.2 Å². The monoisotopic (exact) mass is 245 g/mol. The molecule has 1 aromatic heterocycles. The van der Waals surface area contributed by atoms with Gasteiger partial charge in [-0.2, -0.15) is 0 Å². The lowest BCUT2D eigenvalue weighted by Gasteiger charge is -2.07. The van der Waals surface area contributed by atoms with E-state index in [1.165, 1.54) is 0 Å². The highest BCUT2D eigenvalue weighted by molar-refractivity contribution is 5.39. The highest BCUT2D eigenvalue weighted by Gasteiger charge is 2.31. The molecule has 5 nitrogen and oxygen atoms in total. The van der Waals surface area contributed by atoms with Crippen molar-refractivity contribution in [2.75, 3.05) is 7.11 Å². The standard InChI is InChI=1S/C13H15N3O2/c1-18-11-6-4-10(5-7-11)16-13(9-2-3-9)12(8-17)14-15-16/h4-7,9,17H,2-3,8H2,1H3. The van der Waals surface area contributed by atoms with Crippen LogP contribution in [0.25, 0.3) is 5.69 Å². The van der Waals surface area contributed by atoms with Gasteiger partial charge in [0.25, 0.3) is 0 Å². The summed E-state index contributed by atoms with van der Waals surface area (Å²) in [6.45, 7) is -0.0536. The first kappa shape index (κ1) is 11.2. The van der Waals surface area contributed by atoms with Crippen LogP contribution in [0.2, 0.25) is 0 Å². The number of hydrogen-bond acceptors (Lipinski definition) is 4. The van der Waals surface area contributed by atoms with E-state index in [4.69, 9.17) is 4.74 Å². The Morgan fingerprint density at radius 3 is 2.61 bits per heavy atom. The lowest BCUT2D eigenvalue weighted by Crippen LogP contribution is -2.02. The third-order valence-corrected chi connectivity index (χ3v) is 3.21. The van der Waals surface area contributed by atoms with Crippen LogP contribution >= 0.6 is 0 Å². The molecule has 0 atom stereocenters. The van der Waals surface area contributed by atoms with Gasteiger partial charge in [-0.05, 0) is 37.1 Å². The Morgan fingerprint density at radius 2 is 2.06 bits per heavy atom. The van der Waals surface area contributed by atoms with E-state index in [-0.39, 0.29) is 6.61 Å². The molecule has 18 heavy (non-hydrogen) atoms. The molecule has 1 heterocycles. The minimum Gasteiger partial charge on any atom is -0.497 e. The molecule has 0 bridgehead atoms. The molecule has 0 amide bonds. The van der Waals surface area contributed by atoms with Gasteiger partial charge in [0.2, 0.25) is 0 Å². The second-order valence-corrected chi connectivity index (χ2v) is 4.46. The predicted octanol–water partition coefficient (Wildman–Crippen LogP) is 1.65. The molecule has 3 rings (SSSR count). The van der Waals surface area contributed by atoms with E-state index in [1.54, 1.807) is 7.11 Å². The van der Waals surface area contributed by atoms with Crippen molar-refractivity contribution >= 4 is 0 Å². The van der Waals surface area contributed by atoms with E-state index in [0.29, 0.717) is 11.6 Å². The van der Waals surface area contributed by atoms with Crippen LogP contribution in [-0.2, 0) is 6.61 Å². The number of benzene rings is 1. The van der Waals surface area contributed by atoms with Crippen molar-refractivity contribution in [1.29, 1.82) is 0 Å². The van der Waals surface area contributed by atoms with Crippen molar-refractivity contribution in [2.45, 2.75) is 25.4 Å². The summed E-state index contributed by atoms with van der Waals surface area (Å²) in [5.41, 5.74) is 2.68. The molecule has 0 radical (unpaired) electrons. The zero-order valence-corrected chi connectivity index (χ0v) is 10.2. The van der Waals surface area contributed by atoms with Crippen LogP contribution in [0.3, 0.4) is 0 Å². The smallest absolute Gasteiger partial charge is 0.119 e. The maximum Gasteiger partial charge on any atom is 0.119 e. The van der Waals surface area contributed by atoms with Gasteiger partial charge in [0, 0.05) is 5.92 Å². The fraction of sp³-hybridized carbons (Fsp3) is 0.385. The average Bonchev–Trinajstić information content (AvgIpc) is 3.18. The van der Waals surface area contributed by atoms with E-state index >= 15 is 0 Å². The number of hydrogen-bond donors (Lipinski definition) is 1. The second-order valence-electron chi connectivity index (χ2n) is 4.46. The van der Waals surface area contributed by atoms with Crippen molar-refractivity contribution in [3.63, 3.8) is 0 Å². The normalized spacial score (nSPS) is 14.8. The zero-order valence-electron chi connectivity index (χ0n) is 10.2. The summed E-state index contributed by atoms with van der Waals surface area (Å²) in [6, 6.07) is 7.68. The van der Waals surface area contributed by atoms with Crippen LogP contribution in [0.1, 0.15) is 30.1 Å². The van der Waals surface area contributed by atoms with Gasteiger partial charge in [0.05, 0.1) is 25.1 Å². The molecule has 1 aromatic carbocycles. The zero-order chi connectivity index (χ0) is 12.5. The average molecular weight is 245 g/mol. The summed E-state index contributed by atoms with van der Waals surface area (Å²) in [4.78, 5) is 0. The first-order valence-corrected chi connectivity index (χ1v) is 6.03. The van der Waals surface area contributed by atoms with Crippen LogP contribution in [0, 0.1) is 0 Å². The van der Waals surface area contributed by atoms with E-state index in [1.807, 2.05) is 28.9 Å². The van der Waals surface area contributed by atoms with Crippen molar-refractivity contribution in [3.8, 4) is 11.4 Å². The highest BCUT2D eigenvalue weighted by Crippen LogP contribution is 2.41. The molecule has 1 fully saturated rings. The van der Waals surface area contributed by atoms with Crippen molar-refractivity contribution < 1.29 is 9.84 Å². The lowest BCUT2D eigenvalue weighted by atomic mass is 10.2. The SMILES string of the molecule is COc1ccc(-n2nnc(CO)c2C2CC2)cc1. The molecular weight excluding hydrogens is 230 g/mol. The lowest BCUT2D eigenvalue weighted by molar-refractivity contribution is 0.275. The molecule has 0 unspecified atom stereocenters. The predicted molar refractivity (Wildman–Crippen MR) is 65.8 cm³/mol. The molecule has 94 valence electrons. The van der Waals surface area contributed by atoms with Gasteiger partial charge in [0.1, 0.15) is 11.4 Å². The Morgan fingerprint density at radius 1 is 1.33 bits per heavy atom. The summed E-state index contributed by atoms with van der Waals surface area (Å²) in [6.07, 6.45) is 2.30. The van der Waals surface area contributed by atoms with Gasteiger partial charge < -0.3 is 9.84 Å². The molecule has 1 aliphatic rings. The molecule has 0 saturated heterocycles. The van der Waals surface area contributed by atoms with Gasteiger partial charge in [0.15, 0.2) is 0 Å². The molecule has 2 aromatic rings.